The molecule has 0 bridgehead atoms. The Morgan fingerprint density at radius 1 is 1.09 bits per heavy atom. The number of primary amides is 1. The second-order valence-corrected chi connectivity index (χ2v) is 6.87. The van der Waals surface area contributed by atoms with E-state index in [1.807, 2.05) is 6.07 Å². The highest BCUT2D eigenvalue weighted by Crippen LogP contribution is 2.15. The molecule has 22 heavy (non-hydrogen) atoms. The zero-order valence-corrected chi connectivity index (χ0v) is 13.1. The SMILES string of the molecule is NC(=O)[C@H](Cc1ccccc1)NS(=O)(=O)c1ccc(Cl)cc1. The highest BCUT2D eigenvalue weighted by molar-refractivity contribution is 7.89. The first-order valence-corrected chi connectivity index (χ1v) is 8.36. The zero-order valence-electron chi connectivity index (χ0n) is 11.6. The summed E-state index contributed by atoms with van der Waals surface area (Å²) in [5.74, 6) is -0.735. The van der Waals surface area contributed by atoms with Crippen molar-refractivity contribution in [1.29, 1.82) is 0 Å². The first kappa shape index (κ1) is 16.5. The van der Waals surface area contributed by atoms with E-state index in [0.29, 0.717) is 5.02 Å². The minimum absolute atomic E-state index is 0.0243. The van der Waals surface area contributed by atoms with Crippen LogP contribution in [0.15, 0.2) is 59.5 Å². The Hall–Kier alpha value is -1.89. The highest BCUT2D eigenvalue weighted by atomic mass is 35.5. The largest absolute Gasteiger partial charge is 0.368 e. The molecule has 5 nitrogen and oxygen atoms in total. The molecule has 0 aliphatic carbocycles. The first-order chi connectivity index (χ1) is 10.4. The van der Waals surface area contributed by atoms with Gasteiger partial charge in [0.15, 0.2) is 0 Å². The normalized spacial score (nSPS) is 12.8. The van der Waals surface area contributed by atoms with Gasteiger partial charge in [-0.25, -0.2) is 8.42 Å². The van der Waals surface area contributed by atoms with Gasteiger partial charge in [0.25, 0.3) is 0 Å². The predicted octanol–water partition coefficient (Wildman–Crippen LogP) is 1.71. The molecule has 0 spiro atoms. The van der Waals surface area contributed by atoms with Crippen molar-refractivity contribution in [3.05, 3.63) is 65.2 Å². The van der Waals surface area contributed by atoms with Crippen LogP contribution in [0.3, 0.4) is 0 Å². The average molecular weight is 339 g/mol. The van der Waals surface area contributed by atoms with Crippen molar-refractivity contribution in [2.45, 2.75) is 17.4 Å². The predicted molar refractivity (Wildman–Crippen MR) is 84.9 cm³/mol. The standard InChI is InChI=1S/C15H15ClN2O3S/c16-12-6-8-13(9-7-12)22(20,21)18-14(15(17)19)10-11-4-2-1-3-5-11/h1-9,14,18H,10H2,(H2,17,19)/t14-/m0/s1. The maximum absolute atomic E-state index is 12.3. The van der Waals surface area contributed by atoms with E-state index in [2.05, 4.69) is 4.72 Å². The van der Waals surface area contributed by atoms with E-state index in [4.69, 9.17) is 17.3 Å². The van der Waals surface area contributed by atoms with Crippen LogP contribution in [0.25, 0.3) is 0 Å². The van der Waals surface area contributed by atoms with Crippen LogP contribution in [0, 0.1) is 0 Å². The Morgan fingerprint density at radius 2 is 1.68 bits per heavy atom. The minimum Gasteiger partial charge on any atom is -0.368 e. The number of rotatable bonds is 6. The van der Waals surface area contributed by atoms with Crippen molar-refractivity contribution in [3.8, 4) is 0 Å². The van der Waals surface area contributed by atoms with Crippen molar-refractivity contribution in [3.63, 3.8) is 0 Å². The summed E-state index contributed by atoms with van der Waals surface area (Å²) in [7, 11) is -3.85. The summed E-state index contributed by atoms with van der Waals surface area (Å²) < 4.78 is 26.9. The molecule has 0 fully saturated rings. The zero-order chi connectivity index (χ0) is 16.2. The minimum atomic E-state index is -3.85. The fraction of sp³-hybridized carbons (Fsp3) is 0.133. The summed E-state index contributed by atoms with van der Waals surface area (Å²) >= 11 is 5.74. The molecule has 1 atom stereocenters. The second kappa shape index (κ2) is 6.91. The Kier molecular flexibility index (Phi) is 5.18. The number of hydrogen-bond acceptors (Lipinski definition) is 3. The Bertz CT molecular complexity index is 746. The highest BCUT2D eigenvalue weighted by Gasteiger charge is 2.24. The molecule has 0 aliphatic heterocycles. The van der Waals surface area contributed by atoms with Gasteiger partial charge in [-0.1, -0.05) is 41.9 Å². The Morgan fingerprint density at radius 3 is 2.23 bits per heavy atom. The maximum atomic E-state index is 12.3. The van der Waals surface area contributed by atoms with Gasteiger partial charge in [-0.3, -0.25) is 4.79 Å². The van der Waals surface area contributed by atoms with Crippen LogP contribution in [-0.2, 0) is 21.2 Å². The van der Waals surface area contributed by atoms with Gasteiger partial charge in [-0.15, -0.1) is 0 Å². The number of hydrogen-bond donors (Lipinski definition) is 2. The van der Waals surface area contributed by atoms with Crippen LogP contribution >= 0.6 is 11.6 Å². The number of amides is 1. The molecule has 3 N–H and O–H groups in total. The number of halogens is 1. The molecule has 0 saturated heterocycles. The van der Waals surface area contributed by atoms with Crippen molar-refractivity contribution in [2.24, 2.45) is 5.73 Å². The van der Waals surface area contributed by atoms with Gasteiger partial charge in [0.1, 0.15) is 6.04 Å². The molecule has 0 aromatic heterocycles. The molecule has 2 aromatic rings. The van der Waals surface area contributed by atoms with Gasteiger partial charge in [0.2, 0.25) is 15.9 Å². The number of nitrogens with two attached hydrogens (primary N) is 1. The summed E-state index contributed by atoms with van der Waals surface area (Å²) in [6, 6.07) is 13.7. The third-order valence-electron chi connectivity index (χ3n) is 3.05. The summed E-state index contributed by atoms with van der Waals surface area (Å²) in [5, 5.41) is 0.426. The van der Waals surface area contributed by atoms with Crippen molar-refractivity contribution in [1.82, 2.24) is 4.72 Å². The van der Waals surface area contributed by atoms with Gasteiger partial charge in [0.05, 0.1) is 4.90 Å². The van der Waals surface area contributed by atoms with E-state index >= 15 is 0 Å². The number of sulfonamides is 1. The molecule has 0 heterocycles. The van der Waals surface area contributed by atoms with E-state index in [0.717, 1.165) is 5.56 Å². The molecular formula is C15H15ClN2O3S. The van der Waals surface area contributed by atoms with E-state index in [-0.39, 0.29) is 11.3 Å². The molecule has 0 unspecified atom stereocenters. The molecule has 7 heteroatoms. The van der Waals surface area contributed by atoms with Crippen LogP contribution < -0.4 is 10.5 Å². The third kappa shape index (κ3) is 4.30. The average Bonchev–Trinajstić information content (AvgIpc) is 2.48. The van der Waals surface area contributed by atoms with Crippen LogP contribution in [0.1, 0.15) is 5.56 Å². The smallest absolute Gasteiger partial charge is 0.241 e. The van der Waals surface area contributed by atoms with Crippen molar-refractivity contribution < 1.29 is 13.2 Å². The number of carbonyl (C=O) groups excluding carboxylic acids is 1. The Balaban J connectivity index is 2.20. The molecule has 0 radical (unpaired) electrons. The molecule has 1 amide bonds. The monoisotopic (exact) mass is 338 g/mol. The summed E-state index contributed by atoms with van der Waals surface area (Å²) in [6.45, 7) is 0. The van der Waals surface area contributed by atoms with Crippen LogP contribution in [0.2, 0.25) is 5.02 Å². The van der Waals surface area contributed by atoms with Crippen molar-refractivity contribution in [2.75, 3.05) is 0 Å². The Labute approximate surface area is 134 Å². The van der Waals surface area contributed by atoms with Crippen LogP contribution in [-0.4, -0.2) is 20.4 Å². The quantitative estimate of drug-likeness (QED) is 0.840. The summed E-state index contributed by atoms with van der Waals surface area (Å²) in [6.07, 6.45) is 0.184. The first-order valence-electron chi connectivity index (χ1n) is 6.49. The lowest BCUT2D eigenvalue weighted by Crippen LogP contribution is -2.45. The van der Waals surface area contributed by atoms with E-state index in [1.54, 1.807) is 24.3 Å². The number of carbonyl (C=O) groups is 1. The molecule has 0 saturated carbocycles. The molecule has 116 valence electrons. The second-order valence-electron chi connectivity index (χ2n) is 4.72. The lowest BCUT2D eigenvalue weighted by molar-refractivity contribution is -0.119. The van der Waals surface area contributed by atoms with Gasteiger partial charge in [-0.05, 0) is 36.2 Å². The summed E-state index contributed by atoms with van der Waals surface area (Å²) in [4.78, 5) is 11.6. The van der Waals surface area contributed by atoms with Gasteiger partial charge >= 0.3 is 0 Å². The van der Waals surface area contributed by atoms with E-state index in [1.165, 1.54) is 24.3 Å². The fourth-order valence-electron chi connectivity index (χ4n) is 1.92. The van der Waals surface area contributed by atoms with E-state index in [9.17, 15) is 13.2 Å². The molecule has 0 aliphatic rings. The third-order valence-corrected chi connectivity index (χ3v) is 4.79. The maximum Gasteiger partial charge on any atom is 0.241 e. The summed E-state index contributed by atoms with van der Waals surface area (Å²) in [5.41, 5.74) is 6.12. The van der Waals surface area contributed by atoms with Crippen LogP contribution in [0.5, 0.6) is 0 Å². The lowest BCUT2D eigenvalue weighted by atomic mass is 10.1. The van der Waals surface area contributed by atoms with E-state index < -0.39 is 22.0 Å². The lowest BCUT2D eigenvalue weighted by Gasteiger charge is -2.16. The number of nitrogens with one attached hydrogen (secondary N) is 1. The van der Waals surface area contributed by atoms with Crippen LogP contribution in [0.4, 0.5) is 0 Å². The topological polar surface area (TPSA) is 89.3 Å². The van der Waals surface area contributed by atoms with Crippen molar-refractivity contribution >= 4 is 27.5 Å². The van der Waals surface area contributed by atoms with Gasteiger partial charge in [-0.2, -0.15) is 4.72 Å². The van der Waals surface area contributed by atoms with Gasteiger partial charge < -0.3 is 5.73 Å². The fourth-order valence-corrected chi connectivity index (χ4v) is 3.25. The molecule has 2 aromatic carbocycles. The molecule has 2 rings (SSSR count). The molecular weight excluding hydrogens is 324 g/mol. The number of benzene rings is 2. The van der Waals surface area contributed by atoms with Gasteiger partial charge in [0, 0.05) is 5.02 Å².